The molecule has 0 spiro atoms. The topological polar surface area (TPSA) is 12.5 Å². The third kappa shape index (κ3) is 1.94. The molecule has 0 fully saturated rings. The van der Waals surface area contributed by atoms with Gasteiger partial charge in [0.2, 0.25) is 0 Å². The standard InChI is InChI=1S/C16H12F4NO/c1-8-4-3-5-10(22-2)15(8)21-7-6-9-11(17)12(18)13(19)14(20)16(9)21/h4-5H,6-7H2,1-2H3. The summed E-state index contributed by atoms with van der Waals surface area (Å²) in [6.45, 7) is 1.95. The van der Waals surface area contributed by atoms with Crippen molar-refractivity contribution in [2.75, 3.05) is 18.6 Å². The van der Waals surface area contributed by atoms with Crippen LogP contribution in [0.15, 0.2) is 12.1 Å². The van der Waals surface area contributed by atoms with Crippen LogP contribution in [0.1, 0.15) is 11.1 Å². The molecule has 0 aromatic heterocycles. The minimum Gasteiger partial charge on any atom is -0.495 e. The molecular weight excluding hydrogens is 298 g/mol. The van der Waals surface area contributed by atoms with Gasteiger partial charge >= 0.3 is 0 Å². The summed E-state index contributed by atoms with van der Waals surface area (Å²) in [7, 11) is 1.44. The van der Waals surface area contributed by atoms with Crippen molar-refractivity contribution < 1.29 is 22.3 Å². The van der Waals surface area contributed by atoms with Crippen molar-refractivity contribution in [3.05, 3.63) is 52.6 Å². The van der Waals surface area contributed by atoms with Crippen molar-refractivity contribution >= 4 is 11.4 Å². The van der Waals surface area contributed by atoms with Gasteiger partial charge in [0.1, 0.15) is 5.75 Å². The Morgan fingerprint density at radius 1 is 1.00 bits per heavy atom. The third-order valence-corrected chi connectivity index (χ3v) is 3.80. The van der Waals surface area contributed by atoms with Crippen LogP contribution in [-0.2, 0) is 6.42 Å². The summed E-state index contributed by atoms with van der Waals surface area (Å²) < 4.78 is 60.2. The predicted molar refractivity (Wildman–Crippen MR) is 73.6 cm³/mol. The number of methoxy groups -OCH3 is 1. The molecule has 0 atom stereocenters. The molecule has 3 rings (SSSR count). The maximum Gasteiger partial charge on any atom is 0.199 e. The zero-order valence-electron chi connectivity index (χ0n) is 11.9. The van der Waals surface area contributed by atoms with E-state index >= 15 is 0 Å². The number of nitrogens with zero attached hydrogens (tertiary/aromatic N) is 1. The van der Waals surface area contributed by atoms with Crippen molar-refractivity contribution in [3.63, 3.8) is 0 Å². The van der Waals surface area contributed by atoms with Crippen LogP contribution in [0.2, 0.25) is 0 Å². The van der Waals surface area contributed by atoms with E-state index in [1.165, 1.54) is 12.0 Å². The molecule has 6 heteroatoms. The molecule has 0 unspecified atom stereocenters. The fourth-order valence-electron chi connectivity index (χ4n) is 2.81. The molecule has 0 amide bonds. The number of rotatable bonds is 2. The summed E-state index contributed by atoms with van der Waals surface area (Å²) in [5.41, 5.74) is 0.760. The summed E-state index contributed by atoms with van der Waals surface area (Å²) >= 11 is 0. The number of benzene rings is 2. The van der Waals surface area contributed by atoms with E-state index in [1.54, 1.807) is 19.1 Å². The molecule has 1 aliphatic heterocycles. The fourth-order valence-corrected chi connectivity index (χ4v) is 2.81. The lowest BCUT2D eigenvalue weighted by Crippen LogP contribution is -2.17. The smallest absolute Gasteiger partial charge is 0.199 e. The molecule has 1 aliphatic rings. The van der Waals surface area contributed by atoms with Crippen molar-refractivity contribution in [1.29, 1.82) is 0 Å². The van der Waals surface area contributed by atoms with E-state index in [4.69, 9.17) is 4.74 Å². The van der Waals surface area contributed by atoms with E-state index in [9.17, 15) is 17.6 Å². The summed E-state index contributed by atoms with van der Waals surface area (Å²) in [5.74, 6) is -5.90. The minimum atomic E-state index is -1.80. The quantitative estimate of drug-likeness (QED) is 0.471. The number of aryl methyl sites for hydroxylation is 1. The molecule has 22 heavy (non-hydrogen) atoms. The van der Waals surface area contributed by atoms with Crippen LogP contribution in [0, 0.1) is 36.3 Å². The van der Waals surface area contributed by atoms with Gasteiger partial charge in [-0.2, -0.15) is 0 Å². The Morgan fingerprint density at radius 2 is 1.68 bits per heavy atom. The molecule has 115 valence electrons. The zero-order valence-corrected chi connectivity index (χ0v) is 11.9. The second-order valence-electron chi connectivity index (χ2n) is 5.04. The van der Waals surface area contributed by atoms with Gasteiger partial charge in [0.25, 0.3) is 0 Å². The van der Waals surface area contributed by atoms with Gasteiger partial charge in [0.15, 0.2) is 23.3 Å². The van der Waals surface area contributed by atoms with Crippen LogP contribution in [0.25, 0.3) is 0 Å². The van der Waals surface area contributed by atoms with Crippen molar-refractivity contribution in [2.45, 2.75) is 13.3 Å². The van der Waals surface area contributed by atoms with Crippen molar-refractivity contribution in [2.24, 2.45) is 0 Å². The van der Waals surface area contributed by atoms with Gasteiger partial charge in [-0.3, -0.25) is 0 Å². The minimum absolute atomic E-state index is 0.0799. The van der Waals surface area contributed by atoms with Gasteiger partial charge in [-0.15, -0.1) is 0 Å². The monoisotopic (exact) mass is 310 g/mol. The average molecular weight is 310 g/mol. The summed E-state index contributed by atoms with van der Waals surface area (Å²) in [6, 6.07) is 6.07. The highest BCUT2D eigenvalue weighted by atomic mass is 19.2. The first-order valence-corrected chi connectivity index (χ1v) is 6.64. The van der Waals surface area contributed by atoms with Crippen molar-refractivity contribution in [3.8, 4) is 5.75 Å². The zero-order chi connectivity index (χ0) is 16.0. The second kappa shape index (κ2) is 5.19. The second-order valence-corrected chi connectivity index (χ2v) is 5.04. The molecule has 1 radical (unpaired) electrons. The van der Waals surface area contributed by atoms with Crippen LogP contribution in [-0.4, -0.2) is 13.7 Å². The van der Waals surface area contributed by atoms with Gasteiger partial charge in [-0.1, -0.05) is 0 Å². The molecule has 2 aromatic rings. The first-order valence-electron chi connectivity index (χ1n) is 6.64. The van der Waals surface area contributed by atoms with Gasteiger partial charge in [0, 0.05) is 12.1 Å². The van der Waals surface area contributed by atoms with E-state index in [-0.39, 0.29) is 24.2 Å². The third-order valence-electron chi connectivity index (χ3n) is 3.80. The van der Waals surface area contributed by atoms with Crippen LogP contribution in [0.4, 0.5) is 28.9 Å². The van der Waals surface area contributed by atoms with Crippen LogP contribution >= 0.6 is 0 Å². The van der Waals surface area contributed by atoms with E-state index < -0.39 is 23.3 Å². The Morgan fingerprint density at radius 3 is 2.36 bits per heavy atom. The highest BCUT2D eigenvalue weighted by Crippen LogP contribution is 2.44. The largest absolute Gasteiger partial charge is 0.495 e. The van der Waals surface area contributed by atoms with E-state index in [0.717, 1.165) is 0 Å². The number of hydrogen-bond donors (Lipinski definition) is 0. The number of hydrogen-bond acceptors (Lipinski definition) is 2. The van der Waals surface area contributed by atoms with Crippen LogP contribution in [0.5, 0.6) is 5.75 Å². The summed E-state index contributed by atoms with van der Waals surface area (Å²) in [6.07, 6.45) is 0.0799. The lowest BCUT2D eigenvalue weighted by molar-refractivity contribution is 0.407. The predicted octanol–water partition coefficient (Wildman–Crippen LogP) is 4.05. The lowest BCUT2D eigenvalue weighted by Gasteiger charge is -2.24. The Kier molecular flexibility index (Phi) is 3.47. The highest BCUT2D eigenvalue weighted by molar-refractivity contribution is 5.77. The maximum absolute atomic E-state index is 14.2. The Balaban J connectivity index is 2.26. The van der Waals surface area contributed by atoms with Crippen molar-refractivity contribution in [1.82, 2.24) is 0 Å². The average Bonchev–Trinajstić information content (AvgIpc) is 2.95. The molecule has 2 aromatic carbocycles. The van der Waals surface area contributed by atoms with Gasteiger partial charge in [0.05, 0.1) is 18.5 Å². The van der Waals surface area contributed by atoms with Gasteiger partial charge < -0.3 is 9.64 Å². The lowest BCUT2D eigenvalue weighted by atomic mass is 10.1. The Bertz CT molecular complexity index is 761. The highest BCUT2D eigenvalue weighted by Gasteiger charge is 2.34. The van der Waals surface area contributed by atoms with Gasteiger partial charge in [-0.05, 0) is 37.1 Å². The number of anilines is 2. The summed E-state index contributed by atoms with van der Waals surface area (Å²) in [4.78, 5) is 1.41. The first kappa shape index (κ1) is 14.7. The van der Waals surface area contributed by atoms with Crippen LogP contribution < -0.4 is 9.64 Å². The number of halogens is 4. The van der Waals surface area contributed by atoms with E-state index in [1.807, 2.05) is 0 Å². The molecule has 0 bridgehead atoms. The molecule has 0 aliphatic carbocycles. The normalized spacial score (nSPS) is 13.5. The van der Waals surface area contributed by atoms with E-state index in [2.05, 4.69) is 6.07 Å². The molecule has 1 heterocycles. The molecule has 0 saturated heterocycles. The Hall–Kier alpha value is -2.24. The summed E-state index contributed by atoms with van der Waals surface area (Å²) in [5, 5.41) is 0. The molecule has 0 saturated carbocycles. The SMILES string of the molecule is COc1c[c]cc(C)c1N1CCc2c(F)c(F)c(F)c(F)c21. The van der Waals surface area contributed by atoms with Gasteiger partial charge in [-0.25, -0.2) is 17.6 Å². The van der Waals surface area contributed by atoms with E-state index in [0.29, 0.717) is 17.0 Å². The molecule has 2 nitrogen and oxygen atoms in total. The van der Waals surface area contributed by atoms with Crippen LogP contribution in [0.3, 0.4) is 0 Å². The first-order chi connectivity index (χ1) is 10.5. The fraction of sp³-hybridized carbons (Fsp3) is 0.250. The number of fused-ring (bicyclic) bond motifs is 1. The number of ether oxygens (including phenoxy) is 1. The molecule has 0 N–H and O–H groups in total. The molecular formula is C16H12F4NO. The Labute approximate surface area is 124 Å². The maximum atomic E-state index is 14.2.